The van der Waals surface area contributed by atoms with E-state index < -0.39 is 0 Å². The first kappa shape index (κ1) is 11.4. The van der Waals surface area contributed by atoms with Gasteiger partial charge in [-0.2, -0.15) is 0 Å². The van der Waals surface area contributed by atoms with Crippen molar-refractivity contribution in [1.29, 1.82) is 0 Å². The summed E-state index contributed by atoms with van der Waals surface area (Å²) in [6, 6.07) is 1.66. The van der Waals surface area contributed by atoms with E-state index in [9.17, 15) is 0 Å². The molecule has 0 aromatic rings. The van der Waals surface area contributed by atoms with Crippen molar-refractivity contribution < 1.29 is 0 Å². The molecule has 2 aliphatic rings. The molecule has 0 spiro atoms. The molecule has 0 bridgehead atoms. The van der Waals surface area contributed by atoms with Gasteiger partial charge in [0, 0.05) is 18.6 Å². The molecule has 0 radical (unpaired) electrons. The molecule has 2 nitrogen and oxygen atoms in total. The fourth-order valence-electron chi connectivity index (χ4n) is 3.15. The summed E-state index contributed by atoms with van der Waals surface area (Å²) in [5, 5.41) is 3.79. The molecule has 0 aromatic carbocycles. The molecule has 1 unspecified atom stereocenters. The minimum atomic E-state index is 0.830. The first-order chi connectivity index (χ1) is 7.40. The zero-order valence-corrected chi connectivity index (χ0v) is 10.2. The van der Waals surface area contributed by atoms with Crippen molar-refractivity contribution in [3.63, 3.8) is 0 Å². The number of rotatable bonds is 4. The molecule has 1 aliphatic carbocycles. The van der Waals surface area contributed by atoms with Crippen LogP contribution in [-0.4, -0.2) is 36.6 Å². The number of hydrogen-bond acceptors (Lipinski definition) is 2. The topological polar surface area (TPSA) is 15.3 Å². The van der Waals surface area contributed by atoms with E-state index in [-0.39, 0.29) is 0 Å². The smallest absolute Gasteiger partial charge is 0.0221 e. The molecular weight excluding hydrogens is 184 g/mol. The lowest BCUT2D eigenvalue weighted by Crippen LogP contribution is -2.42. The van der Waals surface area contributed by atoms with Crippen molar-refractivity contribution in [1.82, 2.24) is 10.2 Å². The minimum absolute atomic E-state index is 0.830. The summed E-state index contributed by atoms with van der Waals surface area (Å²) >= 11 is 0. The van der Waals surface area contributed by atoms with Crippen LogP contribution in [0.1, 0.15) is 51.9 Å². The fraction of sp³-hybridized carbons (Fsp3) is 1.00. The Balaban J connectivity index is 1.67. The molecule has 88 valence electrons. The number of likely N-dealkylation sites (N-methyl/N-ethyl adjacent to an activating group) is 1. The third-order valence-corrected chi connectivity index (χ3v) is 4.15. The Bertz CT molecular complexity index is 175. The maximum absolute atomic E-state index is 3.79. The standard InChI is InChI=1S/C13H26N2/c1-2-15-10-6-9-13(15)11-14-12-7-4-3-5-8-12/h12-14H,2-11H2,1H3. The molecule has 2 heteroatoms. The number of nitrogens with zero attached hydrogens (tertiary/aromatic N) is 1. The van der Waals surface area contributed by atoms with Crippen LogP contribution in [0.3, 0.4) is 0 Å². The van der Waals surface area contributed by atoms with Crippen molar-refractivity contribution in [3.05, 3.63) is 0 Å². The van der Waals surface area contributed by atoms with Gasteiger partial charge in [-0.05, 0) is 38.8 Å². The molecule has 0 amide bonds. The van der Waals surface area contributed by atoms with Crippen molar-refractivity contribution in [2.45, 2.75) is 64.0 Å². The molecule has 2 fully saturated rings. The summed E-state index contributed by atoms with van der Waals surface area (Å²) in [5.41, 5.74) is 0. The van der Waals surface area contributed by atoms with E-state index in [1.165, 1.54) is 64.6 Å². The monoisotopic (exact) mass is 210 g/mol. The van der Waals surface area contributed by atoms with Crippen LogP contribution in [0.25, 0.3) is 0 Å². The normalized spacial score (nSPS) is 29.8. The van der Waals surface area contributed by atoms with E-state index in [0.29, 0.717) is 0 Å². The van der Waals surface area contributed by atoms with Crippen LogP contribution in [0.5, 0.6) is 0 Å². The Kier molecular flexibility index (Phi) is 4.45. The predicted octanol–water partition coefficient (Wildman–Crippen LogP) is 2.39. The maximum Gasteiger partial charge on any atom is 0.0221 e. The van der Waals surface area contributed by atoms with Gasteiger partial charge >= 0.3 is 0 Å². The Morgan fingerprint density at radius 3 is 2.60 bits per heavy atom. The van der Waals surface area contributed by atoms with Gasteiger partial charge in [0.05, 0.1) is 0 Å². The quantitative estimate of drug-likeness (QED) is 0.766. The van der Waals surface area contributed by atoms with Gasteiger partial charge in [0.15, 0.2) is 0 Å². The fourth-order valence-corrected chi connectivity index (χ4v) is 3.15. The maximum atomic E-state index is 3.79. The van der Waals surface area contributed by atoms with Crippen LogP contribution < -0.4 is 5.32 Å². The second-order valence-corrected chi connectivity index (χ2v) is 5.17. The van der Waals surface area contributed by atoms with Crippen molar-refractivity contribution in [2.75, 3.05) is 19.6 Å². The Morgan fingerprint density at radius 1 is 1.07 bits per heavy atom. The Labute approximate surface area is 94.4 Å². The van der Waals surface area contributed by atoms with Crippen LogP contribution in [0.4, 0.5) is 0 Å². The lowest BCUT2D eigenvalue weighted by Gasteiger charge is -2.28. The first-order valence-corrected chi connectivity index (χ1v) is 6.87. The molecule has 1 atom stereocenters. The molecule has 2 rings (SSSR count). The van der Waals surface area contributed by atoms with E-state index in [1.54, 1.807) is 0 Å². The van der Waals surface area contributed by atoms with E-state index in [2.05, 4.69) is 17.1 Å². The van der Waals surface area contributed by atoms with Gasteiger partial charge in [0.1, 0.15) is 0 Å². The Morgan fingerprint density at radius 2 is 1.87 bits per heavy atom. The summed E-state index contributed by atoms with van der Waals surface area (Å²) in [6.07, 6.45) is 10.00. The van der Waals surface area contributed by atoms with Gasteiger partial charge in [-0.1, -0.05) is 26.2 Å². The lowest BCUT2D eigenvalue weighted by molar-refractivity contribution is 0.245. The zero-order valence-electron chi connectivity index (χ0n) is 10.2. The minimum Gasteiger partial charge on any atom is -0.312 e. The van der Waals surface area contributed by atoms with E-state index >= 15 is 0 Å². The summed E-state index contributed by atoms with van der Waals surface area (Å²) < 4.78 is 0. The van der Waals surface area contributed by atoms with Gasteiger partial charge in [-0.15, -0.1) is 0 Å². The average Bonchev–Trinajstić information content (AvgIpc) is 2.75. The number of likely N-dealkylation sites (tertiary alicyclic amines) is 1. The van der Waals surface area contributed by atoms with Crippen LogP contribution in [0.15, 0.2) is 0 Å². The highest BCUT2D eigenvalue weighted by Crippen LogP contribution is 2.19. The van der Waals surface area contributed by atoms with Crippen LogP contribution in [0.2, 0.25) is 0 Å². The molecule has 0 aromatic heterocycles. The van der Waals surface area contributed by atoms with E-state index in [4.69, 9.17) is 0 Å². The van der Waals surface area contributed by atoms with Crippen molar-refractivity contribution >= 4 is 0 Å². The number of hydrogen-bond donors (Lipinski definition) is 1. The van der Waals surface area contributed by atoms with Gasteiger partial charge in [-0.3, -0.25) is 4.90 Å². The SMILES string of the molecule is CCN1CCCC1CNC1CCCCC1. The second kappa shape index (κ2) is 5.86. The molecular formula is C13H26N2. The molecule has 1 saturated carbocycles. The third kappa shape index (κ3) is 3.18. The van der Waals surface area contributed by atoms with Gasteiger partial charge in [0.25, 0.3) is 0 Å². The van der Waals surface area contributed by atoms with Crippen LogP contribution in [0, 0.1) is 0 Å². The van der Waals surface area contributed by atoms with Gasteiger partial charge in [0.2, 0.25) is 0 Å². The molecule has 1 heterocycles. The highest BCUT2D eigenvalue weighted by atomic mass is 15.2. The van der Waals surface area contributed by atoms with Gasteiger partial charge < -0.3 is 5.32 Å². The summed E-state index contributed by atoms with van der Waals surface area (Å²) in [5.74, 6) is 0. The molecule has 1 aliphatic heterocycles. The predicted molar refractivity (Wildman–Crippen MR) is 65.1 cm³/mol. The highest BCUT2D eigenvalue weighted by molar-refractivity contribution is 4.82. The largest absolute Gasteiger partial charge is 0.312 e. The number of nitrogens with one attached hydrogen (secondary N) is 1. The van der Waals surface area contributed by atoms with Crippen molar-refractivity contribution in [3.8, 4) is 0 Å². The third-order valence-electron chi connectivity index (χ3n) is 4.15. The second-order valence-electron chi connectivity index (χ2n) is 5.17. The van der Waals surface area contributed by atoms with Crippen LogP contribution in [-0.2, 0) is 0 Å². The molecule has 15 heavy (non-hydrogen) atoms. The molecule has 1 saturated heterocycles. The van der Waals surface area contributed by atoms with E-state index in [0.717, 1.165) is 12.1 Å². The molecule has 1 N–H and O–H groups in total. The highest BCUT2D eigenvalue weighted by Gasteiger charge is 2.23. The summed E-state index contributed by atoms with van der Waals surface area (Å²) in [7, 11) is 0. The Hall–Kier alpha value is -0.0800. The lowest BCUT2D eigenvalue weighted by atomic mass is 9.95. The van der Waals surface area contributed by atoms with E-state index in [1.807, 2.05) is 0 Å². The zero-order chi connectivity index (χ0) is 10.5. The average molecular weight is 210 g/mol. The summed E-state index contributed by atoms with van der Waals surface area (Å²) in [6.45, 7) is 6.09. The van der Waals surface area contributed by atoms with Gasteiger partial charge in [-0.25, -0.2) is 0 Å². The van der Waals surface area contributed by atoms with Crippen molar-refractivity contribution in [2.24, 2.45) is 0 Å². The van der Waals surface area contributed by atoms with Crippen LogP contribution >= 0.6 is 0 Å². The first-order valence-electron chi connectivity index (χ1n) is 6.87. The summed E-state index contributed by atoms with van der Waals surface area (Å²) in [4.78, 5) is 2.63.